The number of hydrogen-bond donors (Lipinski definition) is 1. The largest absolute Gasteiger partial charge is 0.350 e. The van der Waals surface area contributed by atoms with Gasteiger partial charge in [-0.05, 0) is 37.5 Å². The van der Waals surface area contributed by atoms with Crippen molar-refractivity contribution < 1.29 is 14.4 Å². The molecular formula is C25H25N3O3S. The molecule has 0 fully saturated rings. The lowest BCUT2D eigenvalue weighted by molar-refractivity contribution is -0.121. The molecule has 6 nitrogen and oxygen atoms in total. The van der Waals surface area contributed by atoms with Crippen LogP contribution in [0.4, 0.5) is 0 Å². The Morgan fingerprint density at radius 1 is 0.938 bits per heavy atom. The third-order valence-electron chi connectivity index (χ3n) is 5.56. The predicted octanol–water partition coefficient (Wildman–Crippen LogP) is 4.59. The third-order valence-corrected chi connectivity index (χ3v) is 6.48. The van der Waals surface area contributed by atoms with Crippen LogP contribution in [0.15, 0.2) is 53.9 Å². The number of fused-ring (bicyclic) bond motifs is 1. The summed E-state index contributed by atoms with van der Waals surface area (Å²) in [4.78, 5) is 42.8. The second-order valence-corrected chi connectivity index (χ2v) is 8.71. The molecule has 0 bridgehead atoms. The van der Waals surface area contributed by atoms with Crippen LogP contribution in [0.25, 0.3) is 10.6 Å². The van der Waals surface area contributed by atoms with Gasteiger partial charge in [0.15, 0.2) is 0 Å². The fraction of sp³-hybridized carbons (Fsp3) is 0.280. The van der Waals surface area contributed by atoms with Gasteiger partial charge in [0.2, 0.25) is 5.91 Å². The zero-order valence-corrected chi connectivity index (χ0v) is 18.8. The quantitative estimate of drug-likeness (QED) is 0.384. The fourth-order valence-corrected chi connectivity index (χ4v) is 4.69. The summed E-state index contributed by atoms with van der Waals surface area (Å²) in [6, 6.07) is 15.0. The van der Waals surface area contributed by atoms with Crippen LogP contribution in [0, 0.1) is 6.92 Å². The molecule has 1 N–H and O–H groups in total. The normalized spacial score (nSPS) is 12.8. The topological polar surface area (TPSA) is 79.4 Å². The molecule has 4 rings (SSSR count). The first-order valence-electron chi connectivity index (χ1n) is 10.8. The molecule has 0 radical (unpaired) electrons. The van der Waals surface area contributed by atoms with E-state index < -0.39 is 0 Å². The van der Waals surface area contributed by atoms with Gasteiger partial charge in [-0.1, -0.05) is 42.8 Å². The van der Waals surface area contributed by atoms with Crippen LogP contribution in [-0.4, -0.2) is 34.2 Å². The summed E-state index contributed by atoms with van der Waals surface area (Å²) >= 11 is 1.58. The Morgan fingerprint density at radius 2 is 1.59 bits per heavy atom. The highest BCUT2D eigenvalue weighted by Crippen LogP contribution is 2.26. The lowest BCUT2D eigenvalue weighted by Crippen LogP contribution is -2.30. The number of carbonyl (C=O) groups is 3. The molecule has 3 aromatic rings. The van der Waals surface area contributed by atoms with Crippen molar-refractivity contribution in [3.8, 4) is 10.6 Å². The predicted molar refractivity (Wildman–Crippen MR) is 124 cm³/mol. The van der Waals surface area contributed by atoms with Gasteiger partial charge in [-0.25, -0.2) is 4.98 Å². The summed E-state index contributed by atoms with van der Waals surface area (Å²) < 4.78 is 0. The van der Waals surface area contributed by atoms with Crippen molar-refractivity contribution in [1.82, 2.24) is 15.2 Å². The molecule has 0 spiro atoms. The molecule has 7 heteroatoms. The van der Waals surface area contributed by atoms with Crippen LogP contribution in [0.3, 0.4) is 0 Å². The number of hydrogen-bond acceptors (Lipinski definition) is 5. The van der Waals surface area contributed by atoms with E-state index in [-0.39, 0.29) is 17.7 Å². The van der Waals surface area contributed by atoms with Crippen molar-refractivity contribution >= 4 is 29.1 Å². The summed E-state index contributed by atoms with van der Waals surface area (Å²) in [6.07, 6.45) is 2.58. The SMILES string of the molecule is Cc1ccccc1-c1nc(CNC(=O)CCCCCN2C(=O)c3ccccc3C2=O)cs1. The lowest BCUT2D eigenvalue weighted by Gasteiger charge is -2.13. The van der Waals surface area contributed by atoms with Gasteiger partial charge in [-0.15, -0.1) is 11.3 Å². The van der Waals surface area contributed by atoms with Crippen LogP contribution < -0.4 is 5.32 Å². The summed E-state index contributed by atoms with van der Waals surface area (Å²) in [5.41, 5.74) is 4.10. The van der Waals surface area contributed by atoms with Gasteiger partial charge in [0.25, 0.3) is 11.8 Å². The monoisotopic (exact) mass is 447 g/mol. The zero-order chi connectivity index (χ0) is 22.5. The number of benzene rings is 2. The number of rotatable bonds is 9. The van der Waals surface area contributed by atoms with E-state index >= 15 is 0 Å². The van der Waals surface area contributed by atoms with E-state index in [1.807, 2.05) is 17.5 Å². The Balaban J connectivity index is 1.16. The number of imide groups is 1. The van der Waals surface area contributed by atoms with Crippen LogP contribution in [-0.2, 0) is 11.3 Å². The number of amides is 3. The molecule has 0 saturated carbocycles. The summed E-state index contributed by atoms with van der Waals surface area (Å²) in [6.45, 7) is 2.86. The van der Waals surface area contributed by atoms with Gasteiger partial charge < -0.3 is 5.32 Å². The standard InChI is InChI=1S/C25H25N3O3S/c1-17-9-4-5-10-19(17)23-27-18(16-32-23)15-26-22(29)13-3-2-8-14-28-24(30)20-11-6-7-12-21(20)25(28)31/h4-7,9-12,16H,2-3,8,13-15H2,1H3,(H,26,29). The molecule has 2 heterocycles. The van der Waals surface area contributed by atoms with Gasteiger partial charge in [-0.2, -0.15) is 0 Å². The molecule has 1 aromatic heterocycles. The molecule has 1 aliphatic rings. The van der Waals surface area contributed by atoms with Gasteiger partial charge >= 0.3 is 0 Å². The minimum Gasteiger partial charge on any atom is -0.350 e. The maximum Gasteiger partial charge on any atom is 0.261 e. The first-order chi connectivity index (χ1) is 15.5. The van der Waals surface area contributed by atoms with E-state index in [0.29, 0.717) is 43.5 Å². The van der Waals surface area contributed by atoms with Crippen LogP contribution in [0.2, 0.25) is 0 Å². The highest BCUT2D eigenvalue weighted by Gasteiger charge is 2.34. The fourth-order valence-electron chi connectivity index (χ4n) is 3.78. The molecule has 164 valence electrons. The summed E-state index contributed by atoms with van der Waals surface area (Å²) in [7, 11) is 0. The van der Waals surface area contributed by atoms with Crippen LogP contribution in [0.5, 0.6) is 0 Å². The van der Waals surface area contributed by atoms with Crippen molar-refractivity contribution in [3.05, 3.63) is 76.3 Å². The molecule has 0 saturated heterocycles. The Bertz CT molecular complexity index is 1120. The minimum atomic E-state index is -0.225. The van der Waals surface area contributed by atoms with Crippen LogP contribution in [0.1, 0.15) is 57.7 Å². The Labute approximate surface area is 191 Å². The van der Waals surface area contributed by atoms with E-state index in [1.165, 1.54) is 10.5 Å². The number of aryl methyl sites for hydroxylation is 1. The molecule has 0 atom stereocenters. The number of nitrogens with one attached hydrogen (secondary N) is 1. The molecule has 32 heavy (non-hydrogen) atoms. The second-order valence-electron chi connectivity index (χ2n) is 7.85. The van der Waals surface area contributed by atoms with E-state index in [2.05, 4.69) is 29.4 Å². The van der Waals surface area contributed by atoms with Crippen molar-refractivity contribution in [2.75, 3.05) is 6.54 Å². The third kappa shape index (κ3) is 4.78. The lowest BCUT2D eigenvalue weighted by atomic mass is 10.1. The maximum absolute atomic E-state index is 12.3. The number of carbonyl (C=O) groups excluding carboxylic acids is 3. The van der Waals surface area contributed by atoms with Gasteiger partial charge in [-0.3, -0.25) is 19.3 Å². The van der Waals surface area contributed by atoms with Crippen molar-refractivity contribution in [2.24, 2.45) is 0 Å². The van der Waals surface area contributed by atoms with E-state index in [0.717, 1.165) is 22.7 Å². The zero-order valence-electron chi connectivity index (χ0n) is 18.0. The highest BCUT2D eigenvalue weighted by atomic mass is 32.1. The molecule has 1 aliphatic heterocycles. The molecule has 0 aliphatic carbocycles. The Morgan fingerprint density at radius 3 is 2.28 bits per heavy atom. The first-order valence-corrected chi connectivity index (χ1v) is 11.6. The number of aromatic nitrogens is 1. The van der Waals surface area contributed by atoms with Crippen molar-refractivity contribution in [1.29, 1.82) is 0 Å². The number of nitrogens with zero attached hydrogens (tertiary/aromatic N) is 2. The number of unbranched alkanes of at least 4 members (excludes halogenated alkanes) is 2. The van der Waals surface area contributed by atoms with E-state index in [9.17, 15) is 14.4 Å². The van der Waals surface area contributed by atoms with E-state index in [4.69, 9.17) is 0 Å². The van der Waals surface area contributed by atoms with Gasteiger partial charge in [0.1, 0.15) is 5.01 Å². The second kappa shape index (κ2) is 9.87. The highest BCUT2D eigenvalue weighted by molar-refractivity contribution is 7.13. The smallest absolute Gasteiger partial charge is 0.261 e. The molecule has 2 aromatic carbocycles. The van der Waals surface area contributed by atoms with E-state index in [1.54, 1.807) is 35.6 Å². The minimum absolute atomic E-state index is 0.0174. The average Bonchev–Trinajstić information content (AvgIpc) is 3.37. The first kappa shape index (κ1) is 21.9. The Hall–Kier alpha value is -3.32. The van der Waals surface area contributed by atoms with Gasteiger partial charge in [0, 0.05) is 23.9 Å². The maximum atomic E-state index is 12.3. The molecule has 0 unspecified atom stereocenters. The van der Waals surface area contributed by atoms with Crippen LogP contribution >= 0.6 is 11.3 Å². The molecule has 3 amide bonds. The van der Waals surface area contributed by atoms with Crippen molar-refractivity contribution in [2.45, 2.75) is 39.2 Å². The molecular weight excluding hydrogens is 422 g/mol. The summed E-state index contributed by atoms with van der Waals surface area (Å²) in [5.74, 6) is -0.468. The van der Waals surface area contributed by atoms with Crippen molar-refractivity contribution in [3.63, 3.8) is 0 Å². The summed E-state index contributed by atoms with van der Waals surface area (Å²) in [5, 5.41) is 5.86. The van der Waals surface area contributed by atoms with Gasteiger partial charge in [0.05, 0.1) is 23.4 Å². The Kier molecular flexibility index (Phi) is 6.75. The number of thiazole rings is 1. The average molecular weight is 448 g/mol.